The first-order valence-corrected chi connectivity index (χ1v) is 5.35. The van der Waals surface area contributed by atoms with Crippen LogP contribution in [-0.4, -0.2) is 22.2 Å². The number of hydrogen-bond donors (Lipinski definition) is 1. The number of benzene rings is 1. The number of nitrogens with zero attached hydrogens (tertiary/aromatic N) is 1. The fourth-order valence-electron chi connectivity index (χ4n) is 2.02. The third kappa shape index (κ3) is 2.35. The maximum absolute atomic E-state index is 12.7. The van der Waals surface area contributed by atoms with Crippen LogP contribution in [0.25, 0.3) is 0 Å². The minimum atomic E-state index is -4.83. The van der Waals surface area contributed by atoms with Crippen molar-refractivity contribution in [3.8, 4) is 5.75 Å². The van der Waals surface area contributed by atoms with Crippen molar-refractivity contribution in [2.24, 2.45) is 0 Å². The van der Waals surface area contributed by atoms with Gasteiger partial charge in [-0.1, -0.05) is 0 Å². The van der Waals surface area contributed by atoms with E-state index in [-0.39, 0.29) is 17.7 Å². The van der Waals surface area contributed by atoms with Crippen molar-refractivity contribution in [2.45, 2.75) is 25.1 Å². The zero-order chi connectivity index (χ0) is 14.4. The zero-order valence-electron chi connectivity index (χ0n) is 9.82. The molecule has 0 spiro atoms. The number of alkyl halides is 3. The summed E-state index contributed by atoms with van der Waals surface area (Å²) in [5.41, 5.74) is -3.10. The Morgan fingerprint density at radius 2 is 2.16 bits per heavy atom. The summed E-state index contributed by atoms with van der Waals surface area (Å²) in [6.45, 7) is 1.13. The molecule has 0 bridgehead atoms. The molecular formula is C11H10F3NO4. The number of aliphatic hydroxyl groups excluding tert-OH is 1. The lowest BCUT2D eigenvalue weighted by atomic mass is 9.99. The van der Waals surface area contributed by atoms with Crippen LogP contribution in [0.5, 0.6) is 5.75 Å². The Bertz CT molecular complexity index is 543. The molecule has 1 N–H and O–H groups in total. The van der Waals surface area contributed by atoms with E-state index < -0.39 is 34.6 Å². The van der Waals surface area contributed by atoms with Gasteiger partial charge in [0.25, 0.3) is 5.69 Å². The van der Waals surface area contributed by atoms with E-state index in [4.69, 9.17) is 9.84 Å². The fourth-order valence-corrected chi connectivity index (χ4v) is 2.02. The topological polar surface area (TPSA) is 72.6 Å². The van der Waals surface area contributed by atoms with Gasteiger partial charge >= 0.3 is 6.18 Å². The van der Waals surface area contributed by atoms with Gasteiger partial charge in [-0.2, -0.15) is 13.2 Å². The summed E-state index contributed by atoms with van der Waals surface area (Å²) in [4.78, 5) is 9.64. The summed E-state index contributed by atoms with van der Waals surface area (Å²) >= 11 is 0. The Morgan fingerprint density at radius 1 is 1.53 bits per heavy atom. The average molecular weight is 277 g/mol. The fraction of sp³-hybridized carbons (Fsp3) is 0.455. The molecule has 0 fully saturated rings. The van der Waals surface area contributed by atoms with Crippen LogP contribution in [0.2, 0.25) is 0 Å². The van der Waals surface area contributed by atoms with Crippen molar-refractivity contribution in [3.63, 3.8) is 0 Å². The quantitative estimate of drug-likeness (QED) is 0.665. The van der Waals surface area contributed by atoms with E-state index in [0.29, 0.717) is 6.07 Å². The SMILES string of the molecule is CC1(CO)Cc2cc([N+](=O)[O-])c(C(F)(F)F)cc2O1. The van der Waals surface area contributed by atoms with Crippen LogP contribution in [0, 0.1) is 10.1 Å². The van der Waals surface area contributed by atoms with Crippen LogP contribution in [0.4, 0.5) is 18.9 Å². The molecule has 1 heterocycles. The smallest absolute Gasteiger partial charge is 0.423 e. The summed E-state index contributed by atoms with van der Waals surface area (Å²) in [5, 5.41) is 19.8. The van der Waals surface area contributed by atoms with Gasteiger partial charge in [-0.15, -0.1) is 0 Å². The number of ether oxygens (including phenoxy) is 1. The van der Waals surface area contributed by atoms with Gasteiger partial charge in [0.2, 0.25) is 0 Å². The van der Waals surface area contributed by atoms with Gasteiger partial charge in [0.05, 0.1) is 11.5 Å². The van der Waals surface area contributed by atoms with Crippen LogP contribution in [0.15, 0.2) is 12.1 Å². The van der Waals surface area contributed by atoms with E-state index in [9.17, 15) is 23.3 Å². The second-order valence-corrected chi connectivity index (χ2v) is 4.62. The van der Waals surface area contributed by atoms with Crippen molar-refractivity contribution >= 4 is 5.69 Å². The van der Waals surface area contributed by atoms with Gasteiger partial charge in [0, 0.05) is 18.1 Å². The molecule has 19 heavy (non-hydrogen) atoms. The second kappa shape index (κ2) is 4.09. The summed E-state index contributed by atoms with van der Waals surface area (Å²) in [5.74, 6) is -0.0746. The van der Waals surface area contributed by atoms with Gasteiger partial charge < -0.3 is 9.84 Å². The minimum Gasteiger partial charge on any atom is -0.485 e. The maximum Gasteiger partial charge on any atom is 0.423 e. The number of aliphatic hydroxyl groups is 1. The number of hydrogen-bond acceptors (Lipinski definition) is 4. The van der Waals surface area contributed by atoms with Gasteiger partial charge in [-0.05, 0) is 13.0 Å². The van der Waals surface area contributed by atoms with E-state index in [1.54, 1.807) is 0 Å². The van der Waals surface area contributed by atoms with Crippen LogP contribution in [0.1, 0.15) is 18.1 Å². The molecule has 0 radical (unpaired) electrons. The van der Waals surface area contributed by atoms with E-state index >= 15 is 0 Å². The average Bonchev–Trinajstić information content (AvgIpc) is 2.62. The maximum atomic E-state index is 12.7. The Kier molecular flexibility index (Phi) is 2.93. The van der Waals surface area contributed by atoms with Crippen LogP contribution in [0.3, 0.4) is 0 Å². The highest BCUT2D eigenvalue weighted by molar-refractivity contribution is 5.54. The number of fused-ring (bicyclic) bond motifs is 1. The molecule has 1 atom stereocenters. The lowest BCUT2D eigenvalue weighted by molar-refractivity contribution is -0.388. The summed E-state index contributed by atoms with van der Waals surface area (Å²) < 4.78 is 43.5. The largest absolute Gasteiger partial charge is 0.485 e. The molecular weight excluding hydrogens is 267 g/mol. The first-order valence-electron chi connectivity index (χ1n) is 5.35. The molecule has 0 saturated heterocycles. The Morgan fingerprint density at radius 3 is 2.63 bits per heavy atom. The predicted molar refractivity (Wildman–Crippen MR) is 57.9 cm³/mol. The zero-order valence-corrected chi connectivity index (χ0v) is 9.82. The molecule has 0 aliphatic carbocycles. The van der Waals surface area contributed by atoms with Crippen LogP contribution < -0.4 is 4.74 Å². The van der Waals surface area contributed by atoms with Gasteiger partial charge in [0.1, 0.15) is 16.9 Å². The first kappa shape index (κ1) is 13.6. The summed E-state index contributed by atoms with van der Waals surface area (Å²) in [7, 11) is 0. The highest BCUT2D eigenvalue weighted by atomic mass is 19.4. The monoisotopic (exact) mass is 277 g/mol. The lowest BCUT2D eigenvalue weighted by Gasteiger charge is -2.20. The van der Waals surface area contributed by atoms with Gasteiger partial charge in [-0.25, -0.2) is 0 Å². The molecule has 2 rings (SSSR count). The Labute approximate surface area is 105 Å². The Balaban J connectivity index is 2.56. The molecule has 1 aliphatic rings. The van der Waals surface area contributed by atoms with E-state index in [1.807, 2.05) is 0 Å². The third-order valence-corrected chi connectivity index (χ3v) is 2.94. The first-order chi connectivity index (χ1) is 8.66. The number of halogens is 3. The third-order valence-electron chi connectivity index (χ3n) is 2.94. The van der Waals surface area contributed by atoms with Gasteiger partial charge in [0.15, 0.2) is 0 Å². The molecule has 0 aromatic heterocycles. The molecule has 1 unspecified atom stereocenters. The van der Waals surface area contributed by atoms with Crippen molar-refractivity contribution < 1.29 is 27.9 Å². The van der Waals surface area contributed by atoms with Crippen molar-refractivity contribution in [2.75, 3.05) is 6.61 Å². The predicted octanol–water partition coefficient (Wildman–Crippen LogP) is 2.30. The van der Waals surface area contributed by atoms with E-state index in [0.717, 1.165) is 6.07 Å². The molecule has 0 amide bonds. The summed E-state index contributed by atoms with van der Waals surface area (Å²) in [6.07, 6.45) is -4.71. The minimum absolute atomic E-state index is 0.0746. The normalized spacial score (nSPS) is 21.9. The number of rotatable bonds is 2. The van der Waals surface area contributed by atoms with Crippen LogP contribution >= 0.6 is 0 Å². The molecule has 5 nitrogen and oxygen atoms in total. The lowest BCUT2D eigenvalue weighted by Crippen LogP contribution is -2.34. The highest BCUT2D eigenvalue weighted by Gasteiger charge is 2.43. The van der Waals surface area contributed by atoms with Crippen LogP contribution in [-0.2, 0) is 12.6 Å². The molecule has 104 valence electrons. The highest BCUT2D eigenvalue weighted by Crippen LogP contribution is 2.44. The van der Waals surface area contributed by atoms with Crippen molar-refractivity contribution in [1.82, 2.24) is 0 Å². The Hall–Kier alpha value is -1.83. The van der Waals surface area contributed by atoms with E-state index in [2.05, 4.69) is 0 Å². The standard InChI is InChI=1S/C11H10F3NO4/c1-10(5-16)4-6-2-8(15(17)18)7(11(12,13)14)3-9(6)19-10/h2-3,16H,4-5H2,1H3. The van der Waals surface area contributed by atoms with E-state index in [1.165, 1.54) is 6.92 Å². The number of nitro benzene ring substituents is 1. The van der Waals surface area contributed by atoms with Crippen molar-refractivity contribution in [1.29, 1.82) is 0 Å². The summed E-state index contributed by atoms with van der Waals surface area (Å²) in [6, 6.07) is 1.48. The molecule has 1 aromatic rings. The molecule has 0 saturated carbocycles. The molecule has 1 aliphatic heterocycles. The van der Waals surface area contributed by atoms with Gasteiger partial charge in [-0.3, -0.25) is 10.1 Å². The van der Waals surface area contributed by atoms with Crippen molar-refractivity contribution in [3.05, 3.63) is 33.4 Å². The molecule has 8 heteroatoms. The second-order valence-electron chi connectivity index (χ2n) is 4.62. The molecule has 1 aromatic carbocycles. The number of nitro groups is 1.